The Hall–Kier alpha value is -3.84. The normalized spacial score (nSPS) is 14.2. The lowest BCUT2D eigenvalue weighted by Gasteiger charge is -2.26. The predicted molar refractivity (Wildman–Crippen MR) is 135 cm³/mol. The lowest BCUT2D eigenvalue weighted by molar-refractivity contribution is -0.135. The van der Waals surface area contributed by atoms with Gasteiger partial charge in [-0.1, -0.05) is 48.9 Å². The smallest absolute Gasteiger partial charge is 0.348 e. The Morgan fingerprint density at radius 2 is 1.57 bits per heavy atom. The van der Waals surface area contributed by atoms with Crippen LogP contribution in [0.3, 0.4) is 0 Å². The van der Waals surface area contributed by atoms with Gasteiger partial charge in [-0.15, -0.1) is 0 Å². The molecule has 4 aromatic rings. The van der Waals surface area contributed by atoms with E-state index in [1.54, 1.807) is 13.1 Å². The molecule has 5 rings (SSSR count). The maximum atomic E-state index is 12.6. The number of likely N-dealkylation sites (tertiary alicyclic amines) is 1. The molecule has 0 bridgehead atoms. The number of benzene rings is 3. The van der Waals surface area contributed by atoms with Crippen molar-refractivity contribution < 1.29 is 14.3 Å². The van der Waals surface area contributed by atoms with Crippen molar-refractivity contribution >= 4 is 23.0 Å². The van der Waals surface area contributed by atoms with Crippen molar-refractivity contribution in [2.75, 3.05) is 13.1 Å². The highest BCUT2D eigenvalue weighted by molar-refractivity contribution is 6.06. The first-order valence-corrected chi connectivity index (χ1v) is 12.0. The molecule has 0 spiro atoms. The molecule has 1 fully saturated rings. The molecule has 0 unspecified atom stereocenters. The number of aryl methyl sites for hydroxylation is 1. The van der Waals surface area contributed by atoms with Crippen molar-refractivity contribution in [1.29, 1.82) is 0 Å². The number of piperidine rings is 1. The van der Waals surface area contributed by atoms with E-state index in [-0.39, 0.29) is 5.56 Å². The van der Waals surface area contributed by atoms with Gasteiger partial charge in [0, 0.05) is 20.5 Å². The Bertz CT molecular complexity index is 1390. The molecule has 3 aromatic carbocycles. The van der Waals surface area contributed by atoms with E-state index < -0.39 is 11.9 Å². The average molecular weight is 469 g/mol. The van der Waals surface area contributed by atoms with Gasteiger partial charge < -0.3 is 4.74 Å². The zero-order chi connectivity index (χ0) is 24.4. The Labute approximate surface area is 204 Å². The molecule has 7 nitrogen and oxygen atoms in total. The summed E-state index contributed by atoms with van der Waals surface area (Å²) in [6.45, 7) is 4.55. The van der Waals surface area contributed by atoms with Gasteiger partial charge in [-0.3, -0.25) is 9.69 Å². The maximum Gasteiger partial charge on any atom is 0.348 e. The summed E-state index contributed by atoms with van der Waals surface area (Å²) in [6, 6.07) is 20.6. The number of hydrogen-bond acceptors (Lipinski definition) is 6. The summed E-state index contributed by atoms with van der Waals surface area (Å²) in [5.41, 5.74) is 6.57. The molecule has 35 heavy (non-hydrogen) atoms. The summed E-state index contributed by atoms with van der Waals surface area (Å²) in [4.78, 5) is 27.8. The van der Waals surface area contributed by atoms with Crippen LogP contribution < -0.4 is 0 Å². The van der Waals surface area contributed by atoms with Crippen molar-refractivity contribution in [2.24, 2.45) is 7.05 Å². The minimum atomic E-state index is -0.730. The van der Waals surface area contributed by atoms with Crippen LogP contribution in [-0.2, 0) is 23.1 Å². The number of carbonyl (C=O) groups excluding carboxylic acids is 2. The van der Waals surface area contributed by atoms with E-state index in [0.717, 1.165) is 23.2 Å². The van der Waals surface area contributed by atoms with Crippen LogP contribution in [0.1, 0.15) is 42.1 Å². The van der Waals surface area contributed by atoms with Crippen LogP contribution in [0.2, 0.25) is 0 Å². The van der Waals surface area contributed by atoms with Crippen LogP contribution >= 0.6 is 0 Å². The highest BCUT2D eigenvalue weighted by atomic mass is 16.6. The highest BCUT2D eigenvalue weighted by Crippen LogP contribution is 2.29. The number of rotatable bonds is 5. The summed E-state index contributed by atoms with van der Waals surface area (Å²) in [6.07, 6.45) is 3.91. The van der Waals surface area contributed by atoms with E-state index in [1.165, 1.54) is 55.2 Å². The van der Waals surface area contributed by atoms with Gasteiger partial charge in [0.25, 0.3) is 0 Å². The SMILES string of the molecule is CC(=O)OC(=O)c1cc(-c2ccc(-c3cccc(CN4CCCCC4)c3)cc2)cc2nn(C)nc12. The molecule has 0 saturated carbocycles. The van der Waals surface area contributed by atoms with Crippen molar-refractivity contribution in [3.8, 4) is 22.3 Å². The number of esters is 2. The predicted octanol–water partition coefficient (Wildman–Crippen LogP) is 4.99. The van der Waals surface area contributed by atoms with Gasteiger partial charge in [0.1, 0.15) is 11.0 Å². The summed E-state index contributed by atoms with van der Waals surface area (Å²) in [5, 5.41) is 8.62. The van der Waals surface area contributed by atoms with Crippen LogP contribution in [0.5, 0.6) is 0 Å². The standard InChI is InChI=1S/C28H28N4O3/c1-19(33)35-28(34)25-16-24(17-26-27(25)30-31(2)29-26)22-11-9-21(10-12-22)23-8-6-7-20(15-23)18-32-13-4-3-5-14-32/h6-12,15-17H,3-5,13-14,18H2,1-2H3. The molecule has 1 aliphatic rings. The van der Waals surface area contributed by atoms with E-state index >= 15 is 0 Å². The number of fused-ring (bicyclic) bond motifs is 1. The maximum absolute atomic E-state index is 12.6. The Balaban J connectivity index is 1.43. The number of nitrogens with zero attached hydrogens (tertiary/aromatic N) is 4. The zero-order valence-corrected chi connectivity index (χ0v) is 20.0. The Morgan fingerprint density at radius 3 is 2.29 bits per heavy atom. The minimum Gasteiger partial charge on any atom is -0.390 e. The topological polar surface area (TPSA) is 77.3 Å². The summed E-state index contributed by atoms with van der Waals surface area (Å²) < 4.78 is 4.83. The first-order chi connectivity index (χ1) is 17.0. The zero-order valence-electron chi connectivity index (χ0n) is 20.0. The van der Waals surface area contributed by atoms with Gasteiger partial charge in [0.2, 0.25) is 0 Å². The Kier molecular flexibility index (Phi) is 6.42. The third-order valence-electron chi connectivity index (χ3n) is 6.38. The average Bonchev–Trinajstić information content (AvgIpc) is 3.24. The van der Waals surface area contributed by atoms with Crippen molar-refractivity contribution in [3.05, 3.63) is 71.8 Å². The number of carbonyl (C=O) groups is 2. The molecule has 1 aliphatic heterocycles. The third kappa shape index (κ3) is 5.15. The second-order valence-electron chi connectivity index (χ2n) is 9.08. The van der Waals surface area contributed by atoms with Gasteiger partial charge in [0.05, 0.1) is 5.56 Å². The van der Waals surface area contributed by atoms with E-state index in [4.69, 9.17) is 4.74 Å². The summed E-state index contributed by atoms with van der Waals surface area (Å²) in [7, 11) is 1.69. The molecule has 2 heterocycles. The van der Waals surface area contributed by atoms with E-state index in [0.29, 0.717) is 11.0 Å². The molecule has 0 radical (unpaired) electrons. The fraction of sp³-hybridized carbons (Fsp3) is 0.286. The molecule has 0 amide bonds. The second kappa shape index (κ2) is 9.80. The van der Waals surface area contributed by atoms with Crippen LogP contribution in [0, 0.1) is 0 Å². The minimum absolute atomic E-state index is 0.218. The molecular formula is C28H28N4O3. The molecule has 178 valence electrons. The second-order valence-corrected chi connectivity index (χ2v) is 9.08. The lowest BCUT2D eigenvalue weighted by Crippen LogP contribution is -2.29. The van der Waals surface area contributed by atoms with E-state index in [2.05, 4.69) is 51.5 Å². The van der Waals surface area contributed by atoms with E-state index in [9.17, 15) is 9.59 Å². The van der Waals surface area contributed by atoms with Gasteiger partial charge in [-0.25, -0.2) is 4.79 Å². The summed E-state index contributed by atoms with van der Waals surface area (Å²) >= 11 is 0. The van der Waals surface area contributed by atoms with E-state index in [1.807, 2.05) is 18.2 Å². The van der Waals surface area contributed by atoms with Gasteiger partial charge >= 0.3 is 11.9 Å². The van der Waals surface area contributed by atoms with Gasteiger partial charge in [0.15, 0.2) is 0 Å². The van der Waals surface area contributed by atoms with Crippen LogP contribution in [0.4, 0.5) is 0 Å². The quantitative estimate of drug-likeness (QED) is 0.303. The monoisotopic (exact) mass is 468 g/mol. The molecular weight excluding hydrogens is 440 g/mol. The van der Waals surface area contributed by atoms with Gasteiger partial charge in [-0.05, 0) is 71.9 Å². The first kappa shape index (κ1) is 22.9. The number of ether oxygens (including phenoxy) is 1. The third-order valence-corrected chi connectivity index (χ3v) is 6.38. The van der Waals surface area contributed by atoms with Crippen LogP contribution in [0.15, 0.2) is 60.7 Å². The van der Waals surface area contributed by atoms with Crippen LogP contribution in [-0.4, -0.2) is 44.9 Å². The van der Waals surface area contributed by atoms with Crippen molar-refractivity contribution in [2.45, 2.75) is 32.7 Å². The molecule has 0 aliphatic carbocycles. The lowest BCUT2D eigenvalue weighted by atomic mass is 9.97. The molecule has 0 atom stereocenters. The van der Waals surface area contributed by atoms with Crippen molar-refractivity contribution in [1.82, 2.24) is 19.9 Å². The van der Waals surface area contributed by atoms with Crippen molar-refractivity contribution in [3.63, 3.8) is 0 Å². The van der Waals surface area contributed by atoms with Gasteiger partial charge in [-0.2, -0.15) is 15.0 Å². The molecule has 1 saturated heterocycles. The molecule has 1 aromatic heterocycles. The molecule has 7 heteroatoms. The fourth-order valence-electron chi connectivity index (χ4n) is 4.71. The largest absolute Gasteiger partial charge is 0.390 e. The number of aromatic nitrogens is 3. The first-order valence-electron chi connectivity index (χ1n) is 12.0. The highest BCUT2D eigenvalue weighted by Gasteiger charge is 2.19. The fourth-order valence-corrected chi connectivity index (χ4v) is 4.71. The van der Waals surface area contributed by atoms with Crippen LogP contribution in [0.25, 0.3) is 33.3 Å². The molecule has 0 N–H and O–H groups in total. The number of hydrogen-bond donors (Lipinski definition) is 0. The Morgan fingerprint density at radius 1 is 0.857 bits per heavy atom. The summed E-state index contributed by atoms with van der Waals surface area (Å²) in [5.74, 6) is -1.39.